The minimum Gasteiger partial charge on any atom is -0.495 e. The van der Waals surface area contributed by atoms with E-state index in [0.29, 0.717) is 6.42 Å². The predicted molar refractivity (Wildman–Crippen MR) is 117 cm³/mol. The van der Waals surface area contributed by atoms with Gasteiger partial charge in [-0.1, -0.05) is 36.0 Å². The van der Waals surface area contributed by atoms with Crippen LogP contribution in [0.2, 0.25) is 0 Å². The number of carbonyl (C=O) groups excluding carboxylic acids is 1. The summed E-state index contributed by atoms with van der Waals surface area (Å²) in [7, 11) is 1.70. The van der Waals surface area contributed by atoms with E-state index in [0.717, 1.165) is 53.2 Å². The van der Waals surface area contributed by atoms with E-state index < -0.39 is 0 Å². The molecular weight excluding hydrogens is 390 g/mol. The van der Waals surface area contributed by atoms with Gasteiger partial charge in [0.05, 0.1) is 23.0 Å². The Morgan fingerprint density at radius 3 is 2.64 bits per heavy atom. The van der Waals surface area contributed by atoms with Gasteiger partial charge >= 0.3 is 0 Å². The van der Waals surface area contributed by atoms with Gasteiger partial charge in [-0.25, -0.2) is 4.98 Å². The summed E-state index contributed by atoms with van der Waals surface area (Å²) in [6.07, 6.45) is 0.551. The molecule has 1 aromatic heterocycles. The number of piperazine rings is 1. The smallest absolute Gasteiger partial charge is 0.223 e. The van der Waals surface area contributed by atoms with Gasteiger partial charge in [-0.2, -0.15) is 0 Å². The Hall–Kier alpha value is -2.25. The lowest BCUT2D eigenvalue weighted by molar-refractivity contribution is -0.131. The van der Waals surface area contributed by atoms with Crippen LogP contribution in [0, 0.1) is 0 Å². The number of nitrogens with zero attached hydrogens (tertiary/aromatic N) is 3. The van der Waals surface area contributed by atoms with E-state index in [1.54, 1.807) is 30.2 Å². The van der Waals surface area contributed by atoms with Crippen molar-refractivity contribution in [2.75, 3.05) is 43.9 Å². The number of anilines is 1. The molecule has 1 saturated heterocycles. The van der Waals surface area contributed by atoms with Crippen molar-refractivity contribution >= 4 is 44.9 Å². The summed E-state index contributed by atoms with van der Waals surface area (Å²) in [4.78, 5) is 21.5. The number of thiazole rings is 1. The number of benzene rings is 2. The van der Waals surface area contributed by atoms with Crippen molar-refractivity contribution in [2.45, 2.75) is 10.8 Å². The lowest BCUT2D eigenvalue weighted by Crippen LogP contribution is -2.49. The van der Waals surface area contributed by atoms with Gasteiger partial charge in [0.25, 0.3) is 0 Å². The zero-order chi connectivity index (χ0) is 19.3. The molecule has 5 nitrogen and oxygen atoms in total. The maximum atomic E-state index is 12.6. The van der Waals surface area contributed by atoms with E-state index >= 15 is 0 Å². The van der Waals surface area contributed by atoms with Gasteiger partial charge < -0.3 is 14.5 Å². The van der Waals surface area contributed by atoms with E-state index in [-0.39, 0.29) is 5.91 Å². The maximum absolute atomic E-state index is 12.6. The first-order valence-corrected chi connectivity index (χ1v) is 11.2. The zero-order valence-corrected chi connectivity index (χ0v) is 17.5. The normalized spacial score (nSPS) is 14.5. The summed E-state index contributed by atoms with van der Waals surface area (Å²) in [6.45, 7) is 3.17. The molecule has 1 fully saturated rings. The molecule has 146 valence electrons. The highest BCUT2D eigenvalue weighted by Crippen LogP contribution is 2.30. The lowest BCUT2D eigenvalue weighted by atomic mass is 10.2. The number of fused-ring (bicyclic) bond motifs is 1. The fraction of sp³-hybridized carbons (Fsp3) is 0.333. The van der Waals surface area contributed by atoms with Crippen LogP contribution in [0.15, 0.2) is 52.9 Å². The number of methoxy groups -OCH3 is 1. The Balaban J connectivity index is 1.26. The average molecular weight is 414 g/mol. The lowest BCUT2D eigenvalue weighted by Gasteiger charge is -2.36. The molecule has 2 aromatic carbocycles. The van der Waals surface area contributed by atoms with Gasteiger partial charge in [0.2, 0.25) is 5.91 Å². The van der Waals surface area contributed by atoms with Crippen molar-refractivity contribution in [3.63, 3.8) is 0 Å². The molecule has 0 N–H and O–H groups in total. The molecule has 1 aliphatic rings. The Labute approximate surface area is 173 Å². The molecule has 1 aliphatic heterocycles. The number of hydrogen-bond acceptors (Lipinski definition) is 6. The number of thioether (sulfide) groups is 1. The number of para-hydroxylation sites is 3. The monoisotopic (exact) mass is 413 g/mol. The van der Waals surface area contributed by atoms with Crippen molar-refractivity contribution in [2.24, 2.45) is 0 Å². The van der Waals surface area contributed by atoms with Crippen LogP contribution in [0.4, 0.5) is 5.69 Å². The van der Waals surface area contributed by atoms with Crippen LogP contribution in [-0.2, 0) is 4.79 Å². The minimum atomic E-state index is 0.230. The van der Waals surface area contributed by atoms with Gasteiger partial charge in [0.1, 0.15) is 5.75 Å². The Morgan fingerprint density at radius 1 is 1.11 bits per heavy atom. The summed E-state index contributed by atoms with van der Waals surface area (Å²) in [5, 5.41) is 0. The molecule has 0 bridgehead atoms. The molecule has 0 unspecified atom stereocenters. The number of carbonyl (C=O) groups is 1. The molecule has 3 aromatic rings. The Morgan fingerprint density at radius 2 is 1.86 bits per heavy atom. The van der Waals surface area contributed by atoms with Crippen molar-refractivity contribution in [1.29, 1.82) is 0 Å². The number of aromatic nitrogens is 1. The molecule has 0 radical (unpaired) electrons. The third-order valence-corrected chi connectivity index (χ3v) is 7.06. The van der Waals surface area contributed by atoms with Gasteiger partial charge in [0, 0.05) is 38.4 Å². The van der Waals surface area contributed by atoms with Gasteiger partial charge in [0.15, 0.2) is 4.34 Å². The largest absolute Gasteiger partial charge is 0.495 e. The highest BCUT2D eigenvalue weighted by atomic mass is 32.2. The average Bonchev–Trinajstić information content (AvgIpc) is 3.16. The van der Waals surface area contributed by atoms with E-state index in [9.17, 15) is 4.79 Å². The first-order valence-electron chi connectivity index (χ1n) is 9.39. The van der Waals surface area contributed by atoms with E-state index in [1.807, 2.05) is 41.3 Å². The molecule has 7 heteroatoms. The highest BCUT2D eigenvalue weighted by molar-refractivity contribution is 8.01. The van der Waals surface area contributed by atoms with Crippen LogP contribution in [-0.4, -0.2) is 54.8 Å². The zero-order valence-electron chi connectivity index (χ0n) is 15.8. The van der Waals surface area contributed by atoms with Crippen molar-refractivity contribution in [3.05, 3.63) is 48.5 Å². The van der Waals surface area contributed by atoms with Gasteiger partial charge in [-0.3, -0.25) is 4.79 Å². The van der Waals surface area contributed by atoms with Crippen LogP contribution < -0.4 is 9.64 Å². The fourth-order valence-electron chi connectivity index (χ4n) is 3.38. The van der Waals surface area contributed by atoms with Crippen molar-refractivity contribution in [1.82, 2.24) is 9.88 Å². The predicted octanol–water partition coefficient (Wildman–Crippen LogP) is 4.14. The topological polar surface area (TPSA) is 45.7 Å². The Kier molecular flexibility index (Phi) is 6.02. The molecular formula is C21H23N3O2S2. The van der Waals surface area contributed by atoms with Crippen LogP contribution >= 0.6 is 23.1 Å². The van der Waals surface area contributed by atoms with Crippen LogP contribution in [0.25, 0.3) is 10.2 Å². The quantitative estimate of drug-likeness (QED) is 0.569. The third kappa shape index (κ3) is 4.25. The minimum absolute atomic E-state index is 0.230. The van der Waals surface area contributed by atoms with Gasteiger partial charge in [-0.15, -0.1) is 11.3 Å². The molecule has 4 rings (SSSR count). The van der Waals surface area contributed by atoms with Crippen LogP contribution in [0.1, 0.15) is 6.42 Å². The fourth-order valence-corrected chi connectivity index (χ4v) is 5.45. The highest BCUT2D eigenvalue weighted by Gasteiger charge is 2.22. The van der Waals surface area contributed by atoms with Crippen LogP contribution in [0.5, 0.6) is 5.75 Å². The summed E-state index contributed by atoms with van der Waals surface area (Å²) < 4.78 is 7.69. The van der Waals surface area contributed by atoms with E-state index in [4.69, 9.17) is 4.74 Å². The maximum Gasteiger partial charge on any atom is 0.223 e. The summed E-state index contributed by atoms with van der Waals surface area (Å²) in [5.41, 5.74) is 2.14. The summed E-state index contributed by atoms with van der Waals surface area (Å²) in [6, 6.07) is 16.2. The van der Waals surface area contributed by atoms with Crippen molar-refractivity contribution in [3.8, 4) is 5.75 Å². The number of hydrogen-bond donors (Lipinski definition) is 0. The van der Waals surface area contributed by atoms with Gasteiger partial charge in [-0.05, 0) is 24.3 Å². The van der Waals surface area contributed by atoms with Crippen LogP contribution in [0.3, 0.4) is 0 Å². The molecule has 0 aliphatic carbocycles. The number of ether oxygens (including phenoxy) is 1. The third-order valence-electron chi connectivity index (χ3n) is 4.87. The SMILES string of the molecule is COc1ccccc1N1CCN(C(=O)CCSc2nc3ccccc3s2)CC1. The summed E-state index contributed by atoms with van der Waals surface area (Å²) >= 11 is 3.37. The second-order valence-corrected chi connectivity index (χ2v) is 8.96. The number of rotatable bonds is 6. The number of amides is 1. The standard InChI is InChI=1S/C21H23N3O2S2/c1-26-18-8-4-3-7-17(18)23-11-13-24(14-12-23)20(25)10-15-27-21-22-16-6-2-5-9-19(16)28-21/h2-9H,10-15H2,1H3. The first-order chi connectivity index (χ1) is 13.7. The van der Waals surface area contributed by atoms with Crippen molar-refractivity contribution < 1.29 is 9.53 Å². The second kappa shape index (κ2) is 8.84. The Bertz CT molecular complexity index is 918. The molecule has 1 amide bonds. The van der Waals surface area contributed by atoms with E-state index in [1.165, 1.54) is 4.70 Å². The first kappa shape index (κ1) is 19.1. The molecule has 2 heterocycles. The molecule has 0 spiro atoms. The molecule has 0 saturated carbocycles. The molecule has 0 atom stereocenters. The summed E-state index contributed by atoms with van der Waals surface area (Å²) in [5.74, 6) is 1.88. The van der Waals surface area contributed by atoms with E-state index in [2.05, 4.69) is 22.0 Å². The molecule has 28 heavy (non-hydrogen) atoms. The second-order valence-electron chi connectivity index (χ2n) is 6.59.